The van der Waals surface area contributed by atoms with Gasteiger partial charge in [-0.3, -0.25) is 4.68 Å². The third-order valence-corrected chi connectivity index (χ3v) is 3.32. The zero-order valence-corrected chi connectivity index (χ0v) is 13.1. The third-order valence-electron chi connectivity index (χ3n) is 2.65. The lowest BCUT2D eigenvalue weighted by atomic mass is 10.2. The number of urea groups is 1. The first-order chi connectivity index (χ1) is 10.1. The van der Waals surface area contributed by atoms with Gasteiger partial charge >= 0.3 is 12.0 Å². The number of amides is 2. The summed E-state index contributed by atoms with van der Waals surface area (Å²) in [4.78, 5) is 22.9. The number of aromatic carboxylic acids is 1. The van der Waals surface area contributed by atoms with E-state index in [9.17, 15) is 9.59 Å². The van der Waals surface area contributed by atoms with E-state index in [0.29, 0.717) is 13.1 Å². The fraction of sp³-hybridized carbons (Fsp3) is 0.154. The van der Waals surface area contributed by atoms with Gasteiger partial charge in [-0.05, 0) is 46.9 Å². The number of nitrogens with one attached hydrogen (secondary N) is 2. The Hall–Kier alpha value is -2.10. The fourth-order valence-electron chi connectivity index (χ4n) is 1.69. The highest BCUT2D eigenvalue weighted by Gasteiger charge is 2.12. The SMILES string of the molecule is O=C(NCCn1cccn1)Nc1ccc(I)cc1C(=O)O. The Labute approximate surface area is 134 Å². The van der Waals surface area contributed by atoms with Crippen LogP contribution in [0.2, 0.25) is 0 Å². The van der Waals surface area contributed by atoms with Crippen molar-refractivity contribution in [2.45, 2.75) is 6.54 Å². The quantitative estimate of drug-likeness (QED) is 0.670. The van der Waals surface area contributed by atoms with Crippen molar-refractivity contribution in [2.24, 2.45) is 0 Å². The van der Waals surface area contributed by atoms with Gasteiger partial charge in [-0.25, -0.2) is 9.59 Å². The van der Waals surface area contributed by atoms with Gasteiger partial charge in [0.15, 0.2) is 0 Å². The number of carbonyl (C=O) groups excluding carboxylic acids is 1. The molecule has 1 aromatic carbocycles. The number of anilines is 1. The number of halogens is 1. The molecule has 2 amide bonds. The van der Waals surface area contributed by atoms with Gasteiger partial charge in [-0.15, -0.1) is 0 Å². The Kier molecular flexibility index (Phi) is 5.14. The summed E-state index contributed by atoms with van der Waals surface area (Å²) in [7, 11) is 0. The molecule has 1 aromatic heterocycles. The summed E-state index contributed by atoms with van der Waals surface area (Å²) in [6.45, 7) is 0.930. The number of carboxylic acid groups (broad SMARTS) is 1. The van der Waals surface area contributed by atoms with Crippen molar-refractivity contribution in [3.8, 4) is 0 Å². The molecule has 0 saturated carbocycles. The highest BCUT2D eigenvalue weighted by molar-refractivity contribution is 14.1. The van der Waals surface area contributed by atoms with Crippen molar-refractivity contribution in [3.05, 3.63) is 45.8 Å². The van der Waals surface area contributed by atoms with E-state index in [-0.39, 0.29) is 11.3 Å². The van der Waals surface area contributed by atoms with Crippen LogP contribution >= 0.6 is 22.6 Å². The van der Waals surface area contributed by atoms with E-state index >= 15 is 0 Å². The third kappa shape index (κ3) is 4.45. The summed E-state index contributed by atoms with van der Waals surface area (Å²) in [5, 5.41) is 18.3. The number of nitrogens with zero attached hydrogens (tertiary/aromatic N) is 2. The first-order valence-electron chi connectivity index (χ1n) is 6.11. The normalized spacial score (nSPS) is 10.1. The van der Waals surface area contributed by atoms with Gasteiger partial charge in [0.1, 0.15) is 0 Å². The zero-order chi connectivity index (χ0) is 15.2. The van der Waals surface area contributed by atoms with Crippen molar-refractivity contribution >= 4 is 40.3 Å². The summed E-state index contributed by atoms with van der Waals surface area (Å²) in [6.07, 6.45) is 3.45. The van der Waals surface area contributed by atoms with Crippen molar-refractivity contribution < 1.29 is 14.7 Å². The Bertz CT molecular complexity index is 643. The van der Waals surface area contributed by atoms with Crippen LogP contribution in [0.1, 0.15) is 10.4 Å². The second kappa shape index (κ2) is 7.07. The summed E-state index contributed by atoms with van der Waals surface area (Å²) in [5.41, 5.74) is 0.323. The molecule has 0 spiro atoms. The Balaban J connectivity index is 1.92. The minimum atomic E-state index is -1.08. The number of hydrogen-bond donors (Lipinski definition) is 3. The van der Waals surface area contributed by atoms with Crippen molar-refractivity contribution in [3.63, 3.8) is 0 Å². The Morgan fingerprint density at radius 1 is 1.38 bits per heavy atom. The molecule has 0 bridgehead atoms. The molecule has 3 N–H and O–H groups in total. The second-order valence-corrected chi connectivity index (χ2v) is 5.39. The van der Waals surface area contributed by atoms with E-state index in [1.54, 1.807) is 35.3 Å². The van der Waals surface area contributed by atoms with Crippen molar-refractivity contribution in [2.75, 3.05) is 11.9 Å². The molecule has 0 atom stereocenters. The maximum atomic E-state index is 11.8. The topological polar surface area (TPSA) is 96.3 Å². The Morgan fingerprint density at radius 2 is 2.19 bits per heavy atom. The molecule has 0 unspecified atom stereocenters. The van der Waals surface area contributed by atoms with Crippen LogP contribution in [0.15, 0.2) is 36.7 Å². The van der Waals surface area contributed by atoms with Crippen LogP contribution in [0.3, 0.4) is 0 Å². The first-order valence-corrected chi connectivity index (χ1v) is 7.19. The van der Waals surface area contributed by atoms with E-state index in [0.717, 1.165) is 3.57 Å². The van der Waals surface area contributed by atoms with Gasteiger partial charge in [0.2, 0.25) is 0 Å². The van der Waals surface area contributed by atoms with Crippen molar-refractivity contribution in [1.29, 1.82) is 0 Å². The van der Waals surface area contributed by atoms with Gasteiger partial charge in [0.25, 0.3) is 0 Å². The predicted molar refractivity (Wildman–Crippen MR) is 85.4 cm³/mol. The predicted octanol–water partition coefficient (Wildman–Crippen LogP) is 2.01. The smallest absolute Gasteiger partial charge is 0.337 e. The molecule has 7 nitrogen and oxygen atoms in total. The lowest BCUT2D eigenvalue weighted by Crippen LogP contribution is -2.32. The summed E-state index contributed by atoms with van der Waals surface area (Å²) >= 11 is 2.02. The van der Waals surface area contributed by atoms with E-state index in [2.05, 4.69) is 15.7 Å². The summed E-state index contributed by atoms with van der Waals surface area (Å²) < 4.78 is 2.48. The van der Waals surface area contributed by atoms with E-state index in [4.69, 9.17) is 5.11 Å². The molecule has 21 heavy (non-hydrogen) atoms. The van der Waals surface area contributed by atoms with Crippen LogP contribution in [0, 0.1) is 3.57 Å². The van der Waals surface area contributed by atoms with Crippen LogP contribution in [0.25, 0.3) is 0 Å². The maximum absolute atomic E-state index is 11.8. The molecule has 110 valence electrons. The molecule has 0 fully saturated rings. The maximum Gasteiger partial charge on any atom is 0.337 e. The molecule has 0 saturated heterocycles. The molecule has 8 heteroatoms. The van der Waals surface area contributed by atoms with E-state index in [1.165, 1.54) is 6.07 Å². The molecular weight excluding hydrogens is 387 g/mol. The molecule has 1 heterocycles. The number of aromatic nitrogens is 2. The van der Waals surface area contributed by atoms with Crippen LogP contribution in [-0.2, 0) is 6.54 Å². The molecule has 0 aliphatic rings. The van der Waals surface area contributed by atoms with Crippen LogP contribution in [-0.4, -0.2) is 33.4 Å². The fourth-order valence-corrected chi connectivity index (χ4v) is 2.18. The van der Waals surface area contributed by atoms with Gasteiger partial charge < -0.3 is 15.7 Å². The second-order valence-electron chi connectivity index (χ2n) is 4.15. The average molecular weight is 400 g/mol. The van der Waals surface area contributed by atoms with Gasteiger partial charge in [0.05, 0.1) is 17.8 Å². The zero-order valence-electron chi connectivity index (χ0n) is 10.9. The van der Waals surface area contributed by atoms with E-state index in [1.807, 2.05) is 22.6 Å². The lowest BCUT2D eigenvalue weighted by molar-refractivity contribution is 0.0698. The summed E-state index contributed by atoms with van der Waals surface area (Å²) in [5.74, 6) is -1.08. The van der Waals surface area contributed by atoms with Gasteiger partial charge in [0, 0.05) is 22.5 Å². The number of rotatable bonds is 5. The molecule has 0 aliphatic heterocycles. The molecule has 0 radical (unpaired) electrons. The largest absolute Gasteiger partial charge is 0.478 e. The van der Waals surface area contributed by atoms with Gasteiger partial charge in [-0.2, -0.15) is 5.10 Å². The number of hydrogen-bond acceptors (Lipinski definition) is 3. The van der Waals surface area contributed by atoms with Crippen LogP contribution in [0.5, 0.6) is 0 Å². The van der Waals surface area contributed by atoms with Crippen molar-refractivity contribution in [1.82, 2.24) is 15.1 Å². The molecule has 0 aliphatic carbocycles. The number of carbonyl (C=O) groups is 2. The Morgan fingerprint density at radius 3 is 2.86 bits per heavy atom. The minimum Gasteiger partial charge on any atom is -0.478 e. The number of benzene rings is 1. The molecular formula is C13H13IN4O3. The average Bonchev–Trinajstić information content (AvgIpc) is 2.94. The van der Waals surface area contributed by atoms with Crippen LogP contribution < -0.4 is 10.6 Å². The first kappa shape index (κ1) is 15.3. The molecule has 2 rings (SSSR count). The number of carboxylic acids is 1. The minimum absolute atomic E-state index is 0.0594. The molecule has 2 aromatic rings. The van der Waals surface area contributed by atoms with E-state index < -0.39 is 12.0 Å². The standard InChI is InChI=1S/C13H13IN4O3/c14-9-2-3-11(10(8-9)12(19)20)17-13(21)15-5-7-18-6-1-4-16-18/h1-4,6,8H,5,7H2,(H,19,20)(H2,15,17,21). The van der Waals surface area contributed by atoms with Gasteiger partial charge in [-0.1, -0.05) is 0 Å². The monoisotopic (exact) mass is 400 g/mol. The highest BCUT2D eigenvalue weighted by atomic mass is 127. The summed E-state index contributed by atoms with van der Waals surface area (Å²) in [6, 6.07) is 6.14. The highest BCUT2D eigenvalue weighted by Crippen LogP contribution is 2.18. The van der Waals surface area contributed by atoms with Crippen LogP contribution in [0.4, 0.5) is 10.5 Å². The lowest BCUT2D eigenvalue weighted by Gasteiger charge is -2.10.